The van der Waals surface area contributed by atoms with Crippen molar-refractivity contribution in [2.75, 3.05) is 12.4 Å². The molecule has 0 radical (unpaired) electrons. The molecule has 22 heavy (non-hydrogen) atoms. The van der Waals surface area contributed by atoms with E-state index in [9.17, 15) is 9.18 Å². The Labute approximate surface area is 135 Å². The number of rotatable bonds is 3. The van der Waals surface area contributed by atoms with Crippen molar-refractivity contribution in [3.63, 3.8) is 0 Å². The van der Waals surface area contributed by atoms with Crippen molar-refractivity contribution in [3.05, 3.63) is 58.2 Å². The predicted molar refractivity (Wildman–Crippen MR) is 87.7 cm³/mol. The van der Waals surface area contributed by atoms with Gasteiger partial charge in [-0.3, -0.25) is 4.79 Å². The molecule has 0 aliphatic heterocycles. The highest BCUT2D eigenvalue weighted by molar-refractivity contribution is 7.21. The summed E-state index contributed by atoms with van der Waals surface area (Å²) in [6, 6.07) is 11.1. The Morgan fingerprint density at radius 3 is 2.82 bits per heavy atom. The third-order valence-electron chi connectivity index (χ3n) is 3.10. The monoisotopic (exact) mass is 335 g/mol. The molecule has 2 aromatic carbocycles. The van der Waals surface area contributed by atoms with E-state index >= 15 is 0 Å². The third kappa shape index (κ3) is 2.77. The normalized spacial score (nSPS) is 10.7. The molecule has 3 aromatic rings. The van der Waals surface area contributed by atoms with Gasteiger partial charge < -0.3 is 10.1 Å². The number of halogens is 2. The largest absolute Gasteiger partial charge is 0.494 e. The Balaban J connectivity index is 2.00. The molecule has 0 atom stereocenters. The lowest BCUT2D eigenvalue weighted by Crippen LogP contribution is -2.11. The summed E-state index contributed by atoms with van der Waals surface area (Å²) in [6.07, 6.45) is 0. The second-order valence-corrected chi connectivity index (χ2v) is 6.06. The fourth-order valence-electron chi connectivity index (χ4n) is 2.15. The van der Waals surface area contributed by atoms with E-state index in [0.29, 0.717) is 21.3 Å². The first-order valence-corrected chi connectivity index (χ1v) is 7.61. The van der Waals surface area contributed by atoms with Gasteiger partial charge >= 0.3 is 0 Å². The number of carbonyl (C=O) groups excluding carboxylic acids is 1. The number of carbonyl (C=O) groups is 1. The van der Waals surface area contributed by atoms with Crippen LogP contribution in [0.1, 0.15) is 9.67 Å². The molecule has 3 rings (SSSR count). The van der Waals surface area contributed by atoms with Crippen LogP contribution in [0.25, 0.3) is 10.1 Å². The van der Waals surface area contributed by atoms with Gasteiger partial charge in [0.05, 0.1) is 7.11 Å². The maximum atomic E-state index is 13.2. The Hall–Kier alpha value is -2.11. The number of fused-ring (bicyclic) bond motifs is 1. The van der Waals surface area contributed by atoms with Gasteiger partial charge in [-0.05, 0) is 36.4 Å². The van der Waals surface area contributed by atoms with Crippen molar-refractivity contribution in [2.24, 2.45) is 0 Å². The number of ether oxygens (including phenoxy) is 1. The minimum Gasteiger partial charge on any atom is -0.494 e. The summed E-state index contributed by atoms with van der Waals surface area (Å²) >= 11 is 7.29. The Kier molecular flexibility index (Phi) is 4.00. The van der Waals surface area contributed by atoms with Crippen LogP contribution >= 0.6 is 22.9 Å². The van der Waals surface area contributed by atoms with E-state index in [2.05, 4.69) is 5.32 Å². The molecule has 0 aliphatic rings. The van der Waals surface area contributed by atoms with E-state index in [-0.39, 0.29) is 5.91 Å². The minimum atomic E-state index is -0.409. The molecule has 1 amide bonds. The number of hydrogen-bond acceptors (Lipinski definition) is 3. The van der Waals surface area contributed by atoms with Gasteiger partial charge in [0.1, 0.15) is 16.4 Å². The number of nitrogens with one attached hydrogen (secondary N) is 1. The summed E-state index contributed by atoms with van der Waals surface area (Å²) in [6.45, 7) is 0. The summed E-state index contributed by atoms with van der Waals surface area (Å²) in [5, 5.41) is 4.02. The van der Waals surface area contributed by atoms with Gasteiger partial charge in [-0.25, -0.2) is 4.39 Å². The molecule has 112 valence electrons. The second kappa shape index (κ2) is 5.94. The topological polar surface area (TPSA) is 38.3 Å². The second-order valence-electron chi connectivity index (χ2n) is 4.57. The zero-order valence-electron chi connectivity index (χ0n) is 11.5. The number of benzene rings is 2. The van der Waals surface area contributed by atoms with Gasteiger partial charge in [-0.15, -0.1) is 11.3 Å². The standard InChI is InChI=1S/C16H11ClFNO2S/c1-21-14-12-7-9(17)5-6-13(12)22-15(14)16(20)19-11-4-2-3-10(18)8-11/h2-8H,1H3,(H,19,20). The van der Waals surface area contributed by atoms with Crippen LogP contribution in [0.4, 0.5) is 10.1 Å². The van der Waals surface area contributed by atoms with Crippen LogP contribution in [-0.2, 0) is 0 Å². The fourth-order valence-corrected chi connectivity index (χ4v) is 3.37. The van der Waals surface area contributed by atoms with Crippen molar-refractivity contribution in [1.29, 1.82) is 0 Å². The van der Waals surface area contributed by atoms with Crippen LogP contribution in [0.5, 0.6) is 5.75 Å². The van der Waals surface area contributed by atoms with E-state index in [0.717, 1.165) is 10.1 Å². The highest BCUT2D eigenvalue weighted by atomic mass is 35.5. The van der Waals surface area contributed by atoms with E-state index in [1.807, 2.05) is 6.07 Å². The van der Waals surface area contributed by atoms with Gasteiger partial charge in [0.25, 0.3) is 5.91 Å². The molecule has 1 aromatic heterocycles. The Morgan fingerprint density at radius 1 is 1.27 bits per heavy atom. The molecule has 0 fully saturated rings. The number of anilines is 1. The van der Waals surface area contributed by atoms with Crippen molar-refractivity contribution in [3.8, 4) is 5.75 Å². The van der Waals surface area contributed by atoms with Crippen LogP contribution < -0.4 is 10.1 Å². The minimum absolute atomic E-state index is 0.347. The molecule has 0 spiro atoms. The van der Waals surface area contributed by atoms with Gasteiger partial charge in [0.15, 0.2) is 0 Å². The average Bonchev–Trinajstić information content (AvgIpc) is 2.85. The van der Waals surface area contributed by atoms with Crippen molar-refractivity contribution < 1.29 is 13.9 Å². The molecule has 0 saturated heterocycles. The molecule has 0 aliphatic carbocycles. The van der Waals surface area contributed by atoms with Gasteiger partial charge in [0, 0.05) is 20.8 Å². The summed E-state index contributed by atoms with van der Waals surface area (Å²) in [4.78, 5) is 12.8. The maximum Gasteiger partial charge on any atom is 0.269 e. The first kappa shape index (κ1) is 14.8. The third-order valence-corrected chi connectivity index (χ3v) is 4.48. The highest BCUT2D eigenvalue weighted by Gasteiger charge is 2.19. The Morgan fingerprint density at radius 2 is 2.09 bits per heavy atom. The van der Waals surface area contributed by atoms with Crippen molar-refractivity contribution >= 4 is 44.6 Å². The van der Waals surface area contributed by atoms with Crippen LogP contribution in [0, 0.1) is 5.82 Å². The van der Waals surface area contributed by atoms with Gasteiger partial charge in [-0.1, -0.05) is 17.7 Å². The van der Waals surface area contributed by atoms with Crippen LogP contribution in [-0.4, -0.2) is 13.0 Å². The smallest absolute Gasteiger partial charge is 0.269 e. The molecule has 1 N–H and O–H groups in total. The summed E-state index contributed by atoms with van der Waals surface area (Å²) in [5.41, 5.74) is 0.391. The first-order chi connectivity index (χ1) is 10.6. The zero-order valence-corrected chi connectivity index (χ0v) is 13.1. The predicted octanol–water partition coefficient (Wildman–Crippen LogP) is 4.95. The summed E-state index contributed by atoms with van der Waals surface area (Å²) in [5.74, 6) is -0.288. The quantitative estimate of drug-likeness (QED) is 0.735. The van der Waals surface area contributed by atoms with Crippen LogP contribution in [0.2, 0.25) is 5.02 Å². The van der Waals surface area contributed by atoms with Crippen LogP contribution in [0.3, 0.4) is 0 Å². The lowest BCUT2D eigenvalue weighted by atomic mass is 10.2. The zero-order chi connectivity index (χ0) is 15.7. The van der Waals surface area contributed by atoms with E-state index in [4.69, 9.17) is 16.3 Å². The highest BCUT2D eigenvalue weighted by Crippen LogP contribution is 2.39. The Bertz CT molecular complexity index is 862. The SMILES string of the molecule is COc1c(C(=O)Nc2cccc(F)c2)sc2ccc(Cl)cc12. The number of methoxy groups -OCH3 is 1. The fraction of sp³-hybridized carbons (Fsp3) is 0.0625. The maximum absolute atomic E-state index is 13.2. The number of hydrogen-bond donors (Lipinski definition) is 1. The number of amides is 1. The van der Waals surface area contributed by atoms with Crippen molar-refractivity contribution in [2.45, 2.75) is 0 Å². The van der Waals surface area contributed by atoms with E-state index in [1.165, 1.54) is 36.6 Å². The van der Waals surface area contributed by atoms with E-state index < -0.39 is 5.82 Å². The van der Waals surface area contributed by atoms with Crippen LogP contribution in [0.15, 0.2) is 42.5 Å². The summed E-state index contributed by atoms with van der Waals surface area (Å²) < 4.78 is 19.4. The molecule has 0 bridgehead atoms. The van der Waals surface area contributed by atoms with Gasteiger partial charge in [0.2, 0.25) is 0 Å². The molecule has 1 heterocycles. The molecule has 0 unspecified atom stereocenters. The molecular weight excluding hydrogens is 325 g/mol. The lowest BCUT2D eigenvalue weighted by Gasteiger charge is -2.05. The molecule has 6 heteroatoms. The lowest BCUT2D eigenvalue weighted by molar-refractivity contribution is 0.102. The summed E-state index contributed by atoms with van der Waals surface area (Å²) in [7, 11) is 1.50. The van der Waals surface area contributed by atoms with E-state index in [1.54, 1.807) is 18.2 Å². The van der Waals surface area contributed by atoms with Crippen molar-refractivity contribution in [1.82, 2.24) is 0 Å². The molecule has 3 nitrogen and oxygen atoms in total. The van der Waals surface area contributed by atoms with Gasteiger partial charge in [-0.2, -0.15) is 0 Å². The first-order valence-electron chi connectivity index (χ1n) is 6.41. The molecular formula is C16H11ClFNO2S. The number of thiophene rings is 1. The average molecular weight is 336 g/mol. The molecule has 0 saturated carbocycles.